The van der Waals surface area contributed by atoms with Gasteiger partial charge in [0.1, 0.15) is 0 Å². The lowest BCUT2D eigenvalue weighted by molar-refractivity contribution is 0.376. The van der Waals surface area contributed by atoms with Gasteiger partial charge in [-0.25, -0.2) is 0 Å². The molecule has 2 aromatic carbocycles. The van der Waals surface area contributed by atoms with E-state index in [9.17, 15) is 0 Å². The molecule has 0 aromatic heterocycles. The Morgan fingerprint density at radius 3 is 2.18 bits per heavy atom. The van der Waals surface area contributed by atoms with Crippen molar-refractivity contribution in [2.45, 2.75) is 71.1 Å². The van der Waals surface area contributed by atoms with Crippen molar-refractivity contribution >= 4 is 0 Å². The smallest absolute Gasteiger partial charge is 0.0249 e. The highest BCUT2D eigenvalue weighted by atomic mass is 14.3. The van der Waals surface area contributed by atoms with Crippen LogP contribution in [0.4, 0.5) is 0 Å². The van der Waals surface area contributed by atoms with Crippen LogP contribution in [0.1, 0.15) is 80.5 Å². The van der Waals surface area contributed by atoms with Crippen LogP contribution in [0.2, 0.25) is 0 Å². The van der Waals surface area contributed by atoms with Crippen LogP contribution in [0.15, 0.2) is 60.7 Å². The van der Waals surface area contributed by atoms with Gasteiger partial charge in [0.2, 0.25) is 0 Å². The van der Waals surface area contributed by atoms with Crippen LogP contribution in [0, 0.1) is 17.8 Å². The standard InChI is InChI=1S/C28H34/c1-3-5-8-24-15-19-27(20-16-24)28-21-17-26(18-22-28)10-7-6-9-25-13-11-23(4-2)12-14-25/h7,10-16,19-20,26,28H,3-5,8,17-18,21-22H2,1-2H3. The minimum atomic E-state index is 0.692. The third kappa shape index (κ3) is 6.13. The summed E-state index contributed by atoms with van der Waals surface area (Å²) in [4.78, 5) is 0. The van der Waals surface area contributed by atoms with Gasteiger partial charge in [-0.05, 0) is 91.7 Å². The summed E-state index contributed by atoms with van der Waals surface area (Å²) in [6, 6.07) is 18.0. The molecule has 1 fully saturated rings. The molecule has 0 amide bonds. The Morgan fingerprint density at radius 2 is 1.54 bits per heavy atom. The van der Waals surface area contributed by atoms with E-state index in [1.807, 2.05) is 0 Å². The summed E-state index contributed by atoms with van der Waals surface area (Å²) in [6.45, 7) is 4.44. The summed E-state index contributed by atoms with van der Waals surface area (Å²) in [7, 11) is 0. The first-order valence-electron chi connectivity index (χ1n) is 11.1. The van der Waals surface area contributed by atoms with E-state index in [1.54, 1.807) is 0 Å². The first kappa shape index (κ1) is 20.5. The van der Waals surface area contributed by atoms with E-state index < -0.39 is 0 Å². The predicted molar refractivity (Wildman–Crippen MR) is 122 cm³/mol. The molecule has 0 nitrogen and oxygen atoms in total. The molecule has 0 N–H and O–H groups in total. The van der Waals surface area contributed by atoms with Crippen LogP contribution in [-0.2, 0) is 12.8 Å². The minimum absolute atomic E-state index is 0.692. The number of hydrogen-bond acceptors (Lipinski definition) is 0. The van der Waals surface area contributed by atoms with E-state index in [2.05, 4.69) is 86.4 Å². The third-order valence-corrected chi connectivity index (χ3v) is 6.07. The van der Waals surface area contributed by atoms with Crippen LogP contribution in [0.3, 0.4) is 0 Å². The molecule has 0 saturated heterocycles. The zero-order valence-electron chi connectivity index (χ0n) is 17.6. The van der Waals surface area contributed by atoms with Crippen LogP contribution in [0.5, 0.6) is 0 Å². The van der Waals surface area contributed by atoms with E-state index in [4.69, 9.17) is 0 Å². The zero-order valence-corrected chi connectivity index (χ0v) is 17.6. The largest absolute Gasteiger partial charge is 0.0730 e. The lowest BCUT2D eigenvalue weighted by atomic mass is 9.78. The molecule has 146 valence electrons. The maximum atomic E-state index is 3.25. The number of unbranched alkanes of at least 4 members (excludes halogenated alkanes) is 1. The van der Waals surface area contributed by atoms with Gasteiger partial charge in [-0.2, -0.15) is 0 Å². The number of allylic oxidation sites excluding steroid dienone is 2. The van der Waals surface area contributed by atoms with Crippen LogP contribution >= 0.6 is 0 Å². The van der Waals surface area contributed by atoms with Crippen molar-refractivity contribution in [1.82, 2.24) is 0 Å². The summed E-state index contributed by atoms with van der Waals surface area (Å²) in [5, 5.41) is 0. The Balaban J connectivity index is 1.46. The summed E-state index contributed by atoms with van der Waals surface area (Å²) in [5.74, 6) is 7.91. The molecule has 0 radical (unpaired) electrons. The second-order valence-corrected chi connectivity index (χ2v) is 8.14. The highest BCUT2D eigenvalue weighted by Gasteiger charge is 2.20. The minimum Gasteiger partial charge on any atom is -0.0730 e. The van der Waals surface area contributed by atoms with Gasteiger partial charge < -0.3 is 0 Å². The molecule has 1 aliphatic rings. The van der Waals surface area contributed by atoms with Crippen molar-refractivity contribution in [1.29, 1.82) is 0 Å². The quantitative estimate of drug-likeness (QED) is 0.462. The lowest BCUT2D eigenvalue weighted by Crippen LogP contribution is -2.11. The summed E-state index contributed by atoms with van der Waals surface area (Å²) >= 11 is 0. The lowest BCUT2D eigenvalue weighted by Gasteiger charge is -2.27. The maximum Gasteiger partial charge on any atom is 0.0249 e. The molecule has 0 heteroatoms. The Labute approximate surface area is 172 Å². The maximum absolute atomic E-state index is 3.25. The number of benzene rings is 2. The van der Waals surface area contributed by atoms with Crippen molar-refractivity contribution < 1.29 is 0 Å². The molecule has 3 rings (SSSR count). The molecule has 0 aliphatic heterocycles. The van der Waals surface area contributed by atoms with Gasteiger partial charge in [-0.15, -0.1) is 0 Å². The highest BCUT2D eigenvalue weighted by molar-refractivity contribution is 5.38. The molecular formula is C28H34. The normalized spacial score (nSPS) is 19.4. The Morgan fingerprint density at radius 1 is 0.857 bits per heavy atom. The Bertz CT molecular complexity index is 788. The summed E-state index contributed by atoms with van der Waals surface area (Å²) in [6.07, 6.45) is 14.4. The molecule has 1 aliphatic carbocycles. The molecular weight excluding hydrogens is 336 g/mol. The van der Waals surface area contributed by atoms with E-state index in [1.165, 1.54) is 61.6 Å². The fraction of sp³-hybridized carbons (Fsp3) is 0.429. The Hall–Kier alpha value is -2.26. The molecule has 0 spiro atoms. The van der Waals surface area contributed by atoms with Gasteiger partial charge in [-0.1, -0.05) is 74.6 Å². The topological polar surface area (TPSA) is 0 Å². The van der Waals surface area contributed by atoms with E-state index in [-0.39, 0.29) is 0 Å². The number of rotatable bonds is 6. The van der Waals surface area contributed by atoms with Crippen molar-refractivity contribution in [3.8, 4) is 11.8 Å². The van der Waals surface area contributed by atoms with Gasteiger partial charge in [-0.3, -0.25) is 0 Å². The van der Waals surface area contributed by atoms with E-state index in [0.717, 1.165) is 17.9 Å². The molecule has 28 heavy (non-hydrogen) atoms. The molecule has 0 unspecified atom stereocenters. The predicted octanol–water partition coefficient (Wildman–Crippen LogP) is 7.47. The van der Waals surface area contributed by atoms with Crippen molar-refractivity contribution in [3.05, 3.63) is 82.9 Å². The monoisotopic (exact) mass is 370 g/mol. The zero-order chi connectivity index (χ0) is 19.6. The van der Waals surface area contributed by atoms with Crippen LogP contribution in [-0.4, -0.2) is 0 Å². The first-order valence-corrected chi connectivity index (χ1v) is 11.1. The summed E-state index contributed by atoms with van der Waals surface area (Å²) in [5.41, 5.74) is 5.50. The second kappa shape index (κ2) is 10.9. The fourth-order valence-corrected chi connectivity index (χ4v) is 4.12. The van der Waals surface area contributed by atoms with Crippen molar-refractivity contribution in [2.24, 2.45) is 5.92 Å². The van der Waals surface area contributed by atoms with Gasteiger partial charge in [0, 0.05) is 5.56 Å². The number of aryl methyl sites for hydroxylation is 2. The van der Waals surface area contributed by atoms with Crippen molar-refractivity contribution in [2.75, 3.05) is 0 Å². The highest BCUT2D eigenvalue weighted by Crippen LogP contribution is 2.36. The second-order valence-electron chi connectivity index (χ2n) is 8.14. The van der Waals surface area contributed by atoms with Gasteiger partial charge in [0.25, 0.3) is 0 Å². The number of hydrogen-bond donors (Lipinski definition) is 0. The van der Waals surface area contributed by atoms with Gasteiger partial charge >= 0.3 is 0 Å². The van der Waals surface area contributed by atoms with E-state index >= 15 is 0 Å². The fourth-order valence-electron chi connectivity index (χ4n) is 4.12. The SMILES string of the molecule is CCCCc1ccc(C2CCC(C=CC#Cc3ccc(CC)cc3)CC2)cc1. The van der Waals surface area contributed by atoms with Crippen molar-refractivity contribution in [3.63, 3.8) is 0 Å². The Kier molecular flexibility index (Phi) is 7.98. The third-order valence-electron chi connectivity index (χ3n) is 6.07. The summed E-state index contributed by atoms with van der Waals surface area (Å²) < 4.78 is 0. The van der Waals surface area contributed by atoms with Gasteiger partial charge in [0.15, 0.2) is 0 Å². The molecule has 2 aromatic rings. The average Bonchev–Trinajstić information content (AvgIpc) is 2.76. The van der Waals surface area contributed by atoms with E-state index in [0.29, 0.717) is 5.92 Å². The van der Waals surface area contributed by atoms with Crippen LogP contribution in [0.25, 0.3) is 0 Å². The molecule has 0 bridgehead atoms. The van der Waals surface area contributed by atoms with Crippen LogP contribution < -0.4 is 0 Å². The molecule has 1 saturated carbocycles. The average molecular weight is 371 g/mol. The first-order chi connectivity index (χ1) is 13.8. The molecule has 0 atom stereocenters. The molecule has 0 heterocycles. The van der Waals surface area contributed by atoms with Gasteiger partial charge in [0.05, 0.1) is 0 Å².